The van der Waals surface area contributed by atoms with Crippen LogP contribution in [-0.2, 0) is 6.61 Å². The van der Waals surface area contributed by atoms with E-state index in [1.54, 1.807) is 6.07 Å². The molecule has 2 nitrogen and oxygen atoms in total. The lowest BCUT2D eigenvalue weighted by Crippen LogP contribution is -1.91. The van der Waals surface area contributed by atoms with Crippen LogP contribution in [-0.4, -0.2) is 10.2 Å². The quantitative estimate of drug-likeness (QED) is 0.738. The highest BCUT2D eigenvalue weighted by Crippen LogP contribution is 2.26. The van der Waals surface area contributed by atoms with Gasteiger partial charge in [0.05, 0.1) is 6.61 Å². The average molecular weight is 376 g/mol. The van der Waals surface area contributed by atoms with Gasteiger partial charge in [-0.05, 0) is 57.3 Å². The van der Waals surface area contributed by atoms with Crippen molar-refractivity contribution in [2.75, 3.05) is 0 Å². The first kappa shape index (κ1) is 9.53. The Morgan fingerprint density at radius 3 is 2.36 bits per heavy atom. The van der Waals surface area contributed by atoms with E-state index in [0.29, 0.717) is 5.56 Å². The minimum absolute atomic E-state index is 0.110. The first-order chi connectivity index (χ1) is 5.16. The van der Waals surface area contributed by atoms with Gasteiger partial charge >= 0.3 is 0 Å². The molecule has 0 aromatic heterocycles. The second-order valence-corrected chi connectivity index (χ2v) is 4.26. The Hall–Kier alpha value is 0.440. The molecule has 0 radical (unpaired) electrons. The van der Waals surface area contributed by atoms with Crippen LogP contribution in [0.1, 0.15) is 5.56 Å². The van der Waals surface area contributed by atoms with Crippen LogP contribution >= 0.6 is 45.2 Å². The molecule has 0 aliphatic carbocycles. The summed E-state index contributed by atoms with van der Waals surface area (Å²) in [6.45, 7) is -0.110. The maximum absolute atomic E-state index is 9.25. The van der Waals surface area contributed by atoms with Crippen molar-refractivity contribution in [1.82, 2.24) is 0 Å². The number of rotatable bonds is 1. The SMILES string of the molecule is OCc1c(O)ccc(I)c1I. The molecule has 0 bridgehead atoms. The summed E-state index contributed by atoms with van der Waals surface area (Å²) in [6, 6.07) is 3.41. The summed E-state index contributed by atoms with van der Waals surface area (Å²) in [5, 5.41) is 18.1. The van der Waals surface area contributed by atoms with Crippen molar-refractivity contribution in [2.24, 2.45) is 0 Å². The minimum atomic E-state index is -0.110. The molecule has 0 aliphatic rings. The Balaban J connectivity index is 3.29. The predicted octanol–water partition coefficient (Wildman–Crippen LogP) is 2.09. The zero-order valence-corrected chi connectivity index (χ0v) is 9.83. The monoisotopic (exact) mass is 376 g/mol. The summed E-state index contributed by atoms with van der Waals surface area (Å²) < 4.78 is 1.97. The van der Waals surface area contributed by atoms with Crippen molar-refractivity contribution in [3.63, 3.8) is 0 Å². The molecule has 0 aliphatic heterocycles. The number of benzene rings is 1. The number of aliphatic hydroxyl groups is 1. The lowest BCUT2D eigenvalue weighted by Gasteiger charge is -2.04. The van der Waals surface area contributed by atoms with Gasteiger partial charge in [0.1, 0.15) is 5.75 Å². The van der Waals surface area contributed by atoms with Gasteiger partial charge in [0.2, 0.25) is 0 Å². The first-order valence-corrected chi connectivity index (χ1v) is 5.09. The molecule has 1 rings (SSSR count). The van der Waals surface area contributed by atoms with Crippen molar-refractivity contribution in [3.05, 3.63) is 24.8 Å². The zero-order chi connectivity index (χ0) is 8.43. The van der Waals surface area contributed by atoms with Crippen molar-refractivity contribution in [1.29, 1.82) is 0 Å². The van der Waals surface area contributed by atoms with Crippen molar-refractivity contribution < 1.29 is 10.2 Å². The summed E-state index contributed by atoms with van der Waals surface area (Å²) >= 11 is 4.26. The zero-order valence-electron chi connectivity index (χ0n) is 5.51. The summed E-state index contributed by atoms with van der Waals surface area (Å²) in [5.74, 6) is 0.164. The molecule has 0 heterocycles. The van der Waals surface area contributed by atoms with E-state index in [1.807, 2.05) is 6.07 Å². The van der Waals surface area contributed by atoms with E-state index >= 15 is 0 Å². The molecule has 0 atom stereocenters. The van der Waals surface area contributed by atoms with Crippen LogP contribution in [0.15, 0.2) is 12.1 Å². The molecule has 0 fully saturated rings. The molecule has 11 heavy (non-hydrogen) atoms. The van der Waals surface area contributed by atoms with Crippen LogP contribution in [0, 0.1) is 7.14 Å². The Labute approximate surface area is 91.9 Å². The van der Waals surface area contributed by atoms with Gasteiger partial charge in [-0.1, -0.05) is 0 Å². The third kappa shape index (κ3) is 1.97. The molecular weight excluding hydrogens is 370 g/mol. The minimum Gasteiger partial charge on any atom is -0.508 e. The molecule has 2 N–H and O–H groups in total. The van der Waals surface area contributed by atoms with Crippen LogP contribution in [0.4, 0.5) is 0 Å². The van der Waals surface area contributed by atoms with E-state index < -0.39 is 0 Å². The Bertz CT molecular complexity index is 273. The number of halogens is 2. The number of hydrogen-bond acceptors (Lipinski definition) is 2. The van der Waals surface area contributed by atoms with Gasteiger partial charge in [-0.3, -0.25) is 0 Å². The van der Waals surface area contributed by atoms with Crippen molar-refractivity contribution in [3.8, 4) is 5.75 Å². The maximum atomic E-state index is 9.25. The standard InChI is InChI=1S/C7H6I2O2/c8-5-1-2-6(11)4(3-10)7(5)9/h1-2,10-11H,3H2. The average Bonchev–Trinajstić information content (AvgIpc) is 1.99. The Morgan fingerprint density at radius 1 is 1.27 bits per heavy atom. The molecule has 0 spiro atoms. The van der Waals surface area contributed by atoms with Crippen LogP contribution in [0.2, 0.25) is 0 Å². The fourth-order valence-corrected chi connectivity index (χ4v) is 1.86. The lowest BCUT2D eigenvalue weighted by atomic mass is 10.2. The van der Waals surface area contributed by atoms with Crippen LogP contribution in [0.25, 0.3) is 0 Å². The summed E-state index contributed by atoms with van der Waals surface area (Å²) in [5.41, 5.74) is 0.609. The van der Waals surface area contributed by atoms with E-state index in [0.717, 1.165) is 7.14 Å². The fraction of sp³-hybridized carbons (Fsp3) is 0.143. The normalized spacial score (nSPS) is 10.1. The second-order valence-electron chi connectivity index (χ2n) is 2.02. The van der Waals surface area contributed by atoms with E-state index in [2.05, 4.69) is 45.2 Å². The summed E-state index contributed by atoms with van der Waals surface area (Å²) in [4.78, 5) is 0. The van der Waals surface area contributed by atoms with Gasteiger partial charge in [0, 0.05) is 12.7 Å². The summed E-state index contributed by atoms with van der Waals surface area (Å²) in [7, 11) is 0. The number of aromatic hydroxyl groups is 1. The van der Waals surface area contributed by atoms with Gasteiger partial charge in [0.15, 0.2) is 0 Å². The molecule has 1 aromatic carbocycles. The maximum Gasteiger partial charge on any atom is 0.122 e. The third-order valence-electron chi connectivity index (χ3n) is 1.33. The van der Waals surface area contributed by atoms with Gasteiger partial charge < -0.3 is 10.2 Å². The Kier molecular flexibility index (Phi) is 3.38. The third-order valence-corrected chi connectivity index (χ3v) is 4.49. The second kappa shape index (κ2) is 3.90. The molecule has 1 aromatic rings. The number of phenols is 1. The molecular formula is C7H6I2O2. The first-order valence-electron chi connectivity index (χ1n) is 2.93. The molecule has 0 unspecified atom stereocenters. The Morgan fingerprint density at radius 2 is 1.91 bits per heavy atom. The van der Waals surface area contributed by atoms with Crippen LogP contribution < -0.4 is 0 Å². The summed E-state index contributed by atoms with van der Waals surface area (Å²) in [6.07, 6.45) is 0. The van der Waals surface area contributed by atoms with Gasteiger partial charge in [-0.15, -0.1) is 0 Å². The highest BCUT2D eigenvalue weighted by molar-refractivity contribution is 14.1. The van der Waals surface area contributed by atoms with E-state index in [9.17, 15) is 5.11 Å². The van der Waals surface area contributed by atoms with Crippen LogP contribution in [0.3, 0.4) is 0 Å². The van der Waals surface area contributed by atoms with E-state index in [-0.39, 0.29) is 12.4 Å². The van der Waals surface area contributed by atoms with Crippen LogP contribution in [0.5, 0.6) is 5.75 Å². The van der Waals surface area contributed by atoms with Crippen molar-refractivity contribution in [2.45, 2.75) is 6.61 Å². The molecule has 0 saturated heterocycles. The van der Waals surface area contributed by atoms with Crippen molar-refractivity contribution >= 4 is 45.2 Å². The molecule has 0 amide bonds. The highest BCUT2D eigenvalue weighted by atomic mass is 127. The lowest BCUT2D eigenvalue weighted by molar-refractivity contribution is 0.274. The fourth-order valence-electron chi connectivity index (χ4n) is 0.733. The molecule has 0 saturated carbocycles. The van der Waals surface area contributed by atoms with E-state index in [1.165, 1.54) is 0 Å². The van der Waals surface area contributed by atoms with Gasteiger partial charge in [-0.2, -0.15) is 0 Å². The smallest absolute Gasteiger partial charge is 0.122 e. The predicted molar refractivity (Wildman–Crippen MR) is 59.5 cm³/mol. The number of aliphatic hydroxyl groups excluding tert-OH is 1. The molecule has 60 valence electrons. The van der Waals surface area contributed by atoms with Gasteiger partial charge in [0.25, 0.3) is 0 Å². The van der Waals surface area contributed by atoms with E-state index in [4.69, 9.17) is 5.11 Å². The van der Waals surface area contributed by atoms with Gasteiger partial charge in [-0.25, -0.2) is 0 Å². The molecule has 4 heteroatoms. The number of hydrogen-bond donors (Lipinski definition) is 2. The highest BCUT2D eigenvalue weighted by Gasteiger charge is 2.06. The largest absolute Gasteiger partial charge is 0.508 e. The topological polar surface area (TPSA) is 40.5 Å².